The van der Waals surface area contributed by atoms with Gasteiger partial charge in [0, 0.05) is 0 Å². The van der Waals surface area contributed by atoms with Crippen molar-refractivity contribution in [2.45, 2.75) is 19.6 Å². The van der Waals surface area contributed by atoms with Crippen molar-refractivity contribution in [3.8, 4) is 0 Å². The number of ether oxygens (including phenoxy) is 1. The first kappa shape index (κ1) is 9.62. The van der Waals surface area contributed by atoms with Crippen molar-refractivity contribution >= 4 is 0 Å². The molecule has 0 spiro atoms. The van der Waals surface area contributed by atoms with Crippen LogP contribution in [0.5, 0.6) is 0 Å². The molecule has 1 N–H and O–H groups in total. The van der Waals surface area contributed by atoms with E-state index in [9.17, 15) is 5.11 Å². The van der Waals surface area contributed by atoms with Crippen LogP contribution in [0.15, 0.2) is 12.2 Å². The van der Waals surface area contributed by atoms with Crippen LogP contribution in [0.1, 0.15) is 13.8 Å². The molecule has 0 aliphatic carbocycles. The molecule has 3 nitrogen and oxygen atoms in total. The van der Waals surface area contributed by atoms with Crippen molar-refractivity contribution in [1.82, 2.24) is 0 Å². The van der Waals surface area contributed by atoms with E-state index in [1.54, 1.807) is 6.92 Å². The maximum absolute atomic E-state index is 10.5. The lowest BCUT2D eigenvalue weighted by atomic mass is 10.3. The molecule has 3 heteroatoms. The second kappa shape index (κ2) is 3.71. The minimum Gasteiger partial charge on any atom is -0.371 e. The molecule has 59 valence electrons. The van der Waals surface area contributed by atoms with E-state index in [0.29, 0.717) is 6.61 Å². The summed E-state index contributed by atoms with van der Waals surface area (Å²) in [6.07, 6.45) is 0. The monoisotopic (exact) mass is 145 g/mol. The van der Waals surface area contributed by atoms with Crippen LogP contribution in [-0.2, 0) is 9.84 Å². The summed E-state index contributed by atoms with van der Waals surface area (Å²) in [5.41, 5.74) is 0.837. The van der Waals surface area contributed by atoms with Crippen LogP contribution in [0.2, 0.25) is 0 Å². The Balaban J connectivity index is 3.29. The van der Waals surface area contributed by atoms with Crippen molar-refractivity contribution in [2.75, 3.05) is 13.2 Å². The molecule has 1 radical (unpaired) electrons. The molecular formula is C7H13O3. The van der Waals surface area contributed by atoms with Crippen LogP contribution in [-0.4, -0.2) is 24.1 Å². The van der Waals surface area contributed by atoms with E-state index in [2.05, 4.69) is 6.58 Å². The fourth-order valence-corrected chi connectivity index (χ4v) is 0.415. The number of hydrogen-bond acceptors (Lipinski definition) is 2. The van der Waals surface area contributed by atoms with Crippen molar-refractivity contribution in [3.05, 3.63) is 12.2 Å². The van der Waals surface area contributed by atoms with Gasteiger partial charge in [-0.25, -0.2) is 0 Å². The summed E-state index contributed by atoms with van der Waals surface area (Å²) in [5, 5.41) is 19.1. The summed E-state index contributed by atoms with van der Waals surface area (Å²) in [5.74, 6) is -1.98. The Kier molecular flexibility index (Phi) is 3.57. The van der Waals surface area contributed by atoms with Gasteiger partial charge in [0.1, 0.15) is 6.61 Å². The predicted octanol–water partition coefficient (Wildman–Crippen LogP) is 0.718. The Morgan fingerprint density at radius 2 is 2.30 bits per heavy atom. The van der Waals surface area contributed by atoms with Crippen LogP contribution < -0.4 is 0 Å². The van der Waals surface area contributed by atoms with E-state index < -0.39 is 5.79 Å². The molecule has 0 saturated carbocycles. The zero-order chi connectivity index (χ0) is 8.20. The second-order valence-electron chi connectivity index (χ2n) is 2.62. The lowest BCUT2D eigenvalue weighted by Crippen LogP contribution is -2.28. The third kappa shape index (κ3) is 7.62. The van der Waals surface area contributed by atoms with Crippen LogP contribution >= 0.6 is 0 Å². The summed E-state index contributed by atoms with van der Waals surface area (Å²) in [7, 11) is 0. The average molecular weight is 145 g/mol. The summed E-state index contributed by atoms with van der Waals surface area (Å²) >= 11 is 0. The Bertz CT molecular complexity index is 113. The average Bonchev–Trinajstić information content (AvgIpc) is 1.59. The topological polar surface area (TPSA) is 49.4 Å². The minimum atomic E-state index is -1.98. The van der Waals surface area contributed by atoms with Gasteiger partial charge in [-0.2, -0.15) is 5.11 Å². The van der Waals surface area contributed by atoms with E-state index in [1.165, 1.54) is 0 Å². The van der Waals surface area contributed by atoms with E-state index in [-0.39, 0.29) is 6.61 Å². The third-order valence-corrected chi connectivity index (χ3v) is 0.718. The molecule has 0 aromatic heterocycles. The van der Waals surface area contributed by atoms with Crippen LogP contribution in [0.4, 0.5) is 0 Å². The van der Waals surface area contributed by atoms with Crippen LogP contribution in [0.25, 0.3) is 0 Å². The number of hydrogen-bond donors (Lipinski definition) is 1. The largest absolute Gasteiger partial charge is 0.371 e. The highest BCUT2D eigenvalue weighted by Crippen LogP contribution is 1.99. The van der Waals surface area contributed by atoms with Crippen LogP contribution in [0, 0.1) is 0 Å². The molecule has 0 heterocycles. The van der Waals surface area contributed by atoms with Gasteiger partial charge in [0.05, 0.1) is 6.61 Å². The molecule has 1 unspecified atom stereocenters. The second-order valence-corrected chi connectivity index (χ2v) is 2.62. The normalized spacial score (nSPS) is 11.6. The van der Waals surface area contributed by atoms with Gasteiger partial charge in [-0.1, -0.05) is 12.2 Å². The highest BCUT2D eigenvalue weighted by Gasteiger charge is 2.17. The molecule has 0 amide bonds. The molecule has 10 heavy (non-hydrogen) atoms. The van der Waals surface area contributed by atoms with Crippen molar-refractivity contribution in [1.29, 1.82) is 0 Å². The smallest absolute Gasteiger partial charge is 0.220 e. The first-order valence-electron chi connectivity index (χ1n) is 3.07. The van der Waals surface area contributed by atoms with Gasteiger partial charge in [0.2, 0.25) is 5.79 Å². The van der Waals surface area contributed by atoms with Gasteiger partial charge in [0.25, 0.3) is 0 Å². The third-order valence-electron chi connectivity index (χ3n) is 0.718. The molecular weight excluding hydrogens is 132 g/mol. The molecule has 0 aromatic carbocycles. The molecule has 0 aliphatic heterocycles. The Labute approximate surface area is 60.9 Å². The molecule has 0 aliphatic rings. The maximum atomic E-state index is 10.5. The zero-order valence-corrected chi connectivity index (χ0v) is 6.39. The van der Waals surface area contributed by atoms with Crippen LogP contribution in [0.3, 0.4) is 0 Å². The molecule has 0 fully saturated rings. The lowest BCUT2D eigenvalue weighted by Gasteiger charge is -2.12. The fourth-order valence-electron chi connectivity index (χ4n) is 0.415. The van der Waals surface area contributed by atoms with E-state index in [1.807, 2.05) is 0 Å². The molecule has 0 saturated heterocycles. The van der Waals surface area contributed by atoms with E-state index >= 15 is 0 Å². The summed E-state index contributed by atoms with van der Waals surface area (Å²) in [6, 6.07) is 0. The Morgan fingerprint density at radius 3 is 2.60 bits per heavy atom. The molecule has 0 rings (SSSR count). The first-order valence-corrected chi connectivity index (χ1v) is 3.07. The van der Waals surface area contributed by atoms with Gasteiger partial charge >= 0.3 is 0 Å². The first-order chi connectivity index (χ1) is 4.42. The van der Waals surface area contributed by atoms with Gasteiger partial charge in [0.15, 0.2) is 0 Å². The Hall–Kier alpha value is -0.380. The van der Waals surface area contributed by atoms with Gasteiger partial charge in [-0.05, 0) is 13.8 Å². The summed E-state index contributed by atoms with van der Waals surface area (Å²) < 4.78 is 4.80. The lowest BCUT2D eigenvalue weighted by molar-refractivity contribution is -0.220. The quantitative estimate of drug-likeness (QED) is 0.468. The summed E-state index contributed by atoms with van der Waals surface area (Å²) in [4.78, 5) is 0. The van der Waals surface area contributed by atoms with Crippen molar-refractivity contribution < 1.29 is 14.9 Å². The highest BCUT2D eigenvalue weighted by atomic mass is 16.6. The van der Waals surface area contributed by atoms with Gasteiger partial charge in [-0.15, -0.1) is 0 Å². The SMILES string of the molecule is C=C(C)COCC(C)([O])O. The van der Waals surface area contributed by atoms with E-state index in [0.717, 1.165) is 12.5 Å². The summed E-state index contributed by atoms with van der Waals surface area (Å²) in [6.45, 7) is 6.65. The molecule has 0 aromatic rings. The predicted molar refractivity (Wildman–Crippen MR) is 36.9 cm³/mol. The number of rotatable bonds is 4. The van der Waals surface area contributed by atoms with Crippen molar-refractivity contribution in [3.63, 3.8) is 0 Å². The van der Waals surface area contributed by atoms with E-state index in [4.69, 9.17) is 9.84 Å². The zero-order valence-electron chi connectivity index (χ0n) is 6.39. The Morgan fingerprint density at radius 1 is 1.80 bits per heavy atom. The highest BCUT2D eigenvalue weighted by molar-refractivity contribution is 4.87. The van der Waals surface area contributed by atoms with Crippen molar-refractivity contribution in [2.24, 2.45) is 0 Å². The minimum absolute atomic E-state index is 0.195. The molecule has 1 atom stereocenters. The maximum Gasteiger partial charge on any atom is 0.220 e. The van der Waals surface area contributed by atoms with Gasteiger partial charge in [-0.3, -0.25) is 0 Å². The number of aliphatic hydroxyl groups is 1. The van der Waals surface area contributed by atoms with Gasteiger partial charge < -0.3 is 9.84 Å². The fraction of sp³-hybridized carbons (Fsp3) is 0.714. The standard InChI is InChI=1S/C7H13O3/c1-6(2)4-10-5-7(3,8)9/h8H,1,4-5H2,2-3H3. The molecule has 0 bridgehead atoms.